The average Bonchev–Trinajstić information content (AvgIpc) is 2.39. The first kappa shape index (κ1) is 19.0. The highest BCUT2D eigenvalue weighted by molar-refractivity contribution is 6.60. The predicted molar refractivity (Wildman–Crippen MR) is 81.2 cm³/mol. The molecule has 0 amide bonds. The molecular formula is C13H32N2O3Si. The molecule has 3 N–H and O–H groups in total. The van der Waals surface area contributed by atoms with Crippen LogP contribution in [0.1, 0.15) is 40.5 Å². The van der Waals surface area contributed by atoms with Crippen LogP contribution in [0.25, 0.3) is 0 Å². The predicted octanol–water partition coefficient (Wildman–Crippen LogP) is 1.75. The van der Waals surface area contributed by atoms with Crippen molar-refractivity contribution in [2.24, 2.45) is 5.73 Å². The fourth-order valence-electron chi connectivity index (χ4n) is 1.80. The van der Waals surface area contributed by atoms with Gasteiger partial charge in [-0.25, -0.2) is 0 Å². The zero-order valence-corrected chi connectivity index (χ0v) is 14.0. The highest BCUT2D eigenvalue weighted by Crippen LogP contribution is 2.20. The summed E-state index contributed by atoms with van der Waals surface area (Å²) in [5, 5.41) is 3.29. The maximum Gasteiger partial charge on any atom is 0.501 e. The lowest BCUT2D eigenvalue weighted by Gasteiger charge is -2.31. The topological polar surface area (TPSA) is 65.7 Å². The van der Waals surface area contributed by atoms with Crippen LogP contribution in [0, 0.1) is 0 Å². The summed E-state index contributed by atoms with van der Waals surface area (Å²) < 4.78 is 17.9. The Morgan fingerprint density at radius 1 is 1.11 bits per heavy atom. The number of hydrogen-bond acceptors (Lipinski definition) is 5. The molecule has 0 radical (unpaired) electrons. The van der Waals surface area contributed by atoms with Gasteiger partial charge >= 0.3 is 8.80 Å². The van der Waals surface area contributed by atoms with Crippen LogP contribution >= 0.6 is 0 Å². The summed E-state index contributed by atoms with van der Waals surface area (Å²) in [7, 11) is -2.51. The van der Waals surface area contributed by atoms with E-state index in [4.69, 9.17) is 19.0 Å². The van der Waals surface area contributed by atoms with Crippen LogP contribution in [0.5, 0.6) is 0 Å². The van der Waals surface area contributed by atoms with Gasteiger partial charge in [0.15, 0.2) is 0 Å². The van der Waals surface area contributed by atoms with E-state index in [2.05, 4.69) is 19.2 Å². The Morgan fingerprint density at radius 2 is 1.74 bits per heavy atom. The molecule has 19 heavy (non-hydrogen) atoms. The molecule has 0 aromatic carbocycles. The van der Waals surface area contributed by atoms with Gasteiger partial charge in [-0.05, 0) is 40.2 Å². The van der Waals surface area contributed by atoms with E-state index in [1.807, 2.05) is 13.8 Å². The maximum atomic E-state index is 6.12. The van der Waals surface area contributed by atoms with Gasteiger partial charge in [-0.2, -0.15) is 0 Å². The van der Waals surface area contributed by atoms with Crippen molar-refractivity contribution in [1.29, 1.82) is 0 Å². The van der Waals surface area contributed by atoms with Gasteiger partial charge in [0, 0.05) is 38.5 Å². The first-order valence-electron chi connectivity index (χ1n) is 7.50. The number of hydrogen-bond donors (Lipinski definition) is 2. The molecule has 6 heteroatoms. The molecule has 0 bridgehead atoms. The van der Waals surface area contributed by atoms with Crippen molar-refractivity contribution >= 4 is 8.80 Å². The summed E-state index contributed by atoms with van der Waals surface area (Å²) in [6.45, 7) is 11.9. The van der Waals surface area contributed by atoms with E-state index in [0.29, 0.717) is 19.8 Å². The zero-order chi connectivity index (χ0) is 14.6. The SMILES string of the molecule is CCO[Si](CCCNCCN)(OCC)OC(C)CC. The molecule has 0 saturated carbocycles. The minimum atomic E-state index is -2.51. The Balaban J connectivity index is 4.34. The van der Waals surface area contributed by atoms with Crippen LogP contribution in [-0.2, 0) is 13.3 Å². The lowest BCUT2D eigenvalue weighted by Crippen LogP contribution is -2.48. The fourth-order valence-corrected chi connectivity index (χ4v) is 4.69. The molecule has 0 heterocycles. The lowest BCUT2D eigenvalue weighted by atomic mass is 10.3. The van der Waals surface area contributed by atoms with E-state index < -0.39 is 8.80 Å². The normalized spacial score (nSPS) is 13.7. The third kappa shape index (κ3) is 8.72. The van der Waals surface area contributed by atoms with E-state index in [0.717, 1.165) is 32.0 Å². The second kappa shape index (κ2) is 11.8. The van der Waals surface area contributed by atoms with Gasteiger partial charge in [0.25, 0.3) is 0 Å². The molecule has 1 unspecified atom stereocenters. The standard InChI is InChI=1S/C13H32N2O3Si/c1-5-13(4)18-19(16-6-2,17-7-3)12-8-10-15-11-9-14/h13,15H,5-12,14H2,1-4H3. The van der Waals surface area contributed by atoms with Crippen molar-refractivity contribution < 1.29 is 13.3 Å². The first-order chi connectivity index (χ1) is 9.14. The second-order valence-electron chi connectivity index (χ2n) is 4.53. The third-order valence-corrected chi connectivity index (χ3v) is 6.03. The number of nitrogens with two attached hydrogens (primary N) is 1. The molecular weight excluding hydrogens is 260 g/mol. The summed E-state index contributed by atoms with van der Waals surface area (Å²) in [6, 6.07) is 0.858. The largest absolute Gasteiger partial charge is 0.501 e. The summed E-state index contributed by atoms with van der Waals surface area (Å²) in [4.78, 5) is 0. The minimum Gasteiger partial charge on any atom is -0.374 e. The van der Waals surface area contributed by atoms with E-state index in [9.17, 15) is 0 Å². The fraction of sp³-hybridized carbons (Fsp3) is 1.00. The third-order valence-electron chi connectivity index (χ3n) is 2.84. The van der Waals surface area contributed by atoms with Gasteiger partial charge in [0.2, 0.25) is 0 Å². The van der Waals surface area contributed by atoms with Crippen molar-refractivity contribution in [1.82, 2.24) is 5.32 Å². The summed E-state index contributed by atoms with van der Waals surface area (Å²) in [6.07, 6.45) is 2.14. The van der Waals surface area contributed by atoms with Crippen LogP contribution in [0.15, 0.2) is 0 Å². The van der Waals surface area contributed by atoms with Crippen LogP contribution < -0.4 is 11.1 Å². The van der Waals surface area contributed by atoms with Gasteiger partial charge in [-0.15, -0.1) is 0 Å². The van der Waals surface area contributed by atoms with Crippen molar-refractivity contribution in [2.45, 2.75) is 52.7 Å². The van der Waals surface area contributed by atoms with E-state index in [1.54, 1.807) is 0 Å². The Bertz CT molecular complexity index is 202. The van der Waals surface area contributed by atoms with E-state index in [1.165, 1.54) is 0 Å². The molecule has 116 valence electrons. The molecule has 0 aliphatic rings. The molecule has 0 spiro atoms. The van der Waals surface area contributed by atoms with Crippen molar-refractivity contribution in [3.8, 4) is 0 Å². The Kier molecular flexibility index (Phi) is 11.8. The Hall–Kier alpha value is 0.0169. The molecule has 0 aromatic rings. The van der Waals surface area contributed by atoms with Crippen LogP contribution in [0.2, 0.25) is 6.04 Å². The van der Waals surface area contributed by atoms with Crippen molar-refractivity contribution in [3.63, 3.8) is 0 Å². The van der Waals surface area contributed by atoms with Gasteiger partial charge in [-0.3, -0.25) is 0 Å². The number of nitrogens with one attached hydrogen (secondary N) is 1. The second-order valence-corrected chi connectivity index (χ2v) is 7.21. The molecule has 0 aliphatic heterocycles. The molecule has 5 nitrogen and oxygen atoms in total. The van der Waals surface area contributed by atoms with Crippen LogP contribution in [0.4, 0.5) is 0 Å². The van der Waals surface area contributed by atoms with E-state index >= 15 is 0 Å². The van der Waals surface area contributed by atoms with Gasteiger partial charge in [-0.1, -0.05) is 6.92 Å². The summed E-state index contributed by atoms with van der Waals surface area (Å²) in [5.74, 6) is 0. The smallest absolute Gasteiger partial charge is 0.374 e. The van der Waals surface area contributed by atoms with Crippen LogP contribution in [-0.4, -0.2) is 47.8 Å². The minimum absolute atomic E-state index is 0.182. The Morgan fingerprint density at radius 3 is 2.21 bits per heavy atom. The molecule has 0 fully saturated rings. The van der Waals surface area contributed by atoms with Gasteiger partial charge in [0.05, 0.1) is 0 Å². The van der Waals surface area contributed by atoms with Gasteiger partial charge < -0.3 is 24.3 Å². The Labute approximate surface area is 119 Å². The molecule has 0 rings (SSSR count). The van der Waals surface area contributed by atoms with E-state index in [-0.39, 0.29) is 6.10 Å². The zero-order valence-electron chi connectivity index (χ0n) is 13.0. The monoisotopic (exact) mass is 292 g/mol. The summed E-state index contributed by atoms with van der Waals surface area (Å²) in [5.41, 5.74) is 5.45. The van der Waals surface area contributed by atoms with Gasteiger partial charge in [0.1, 0.15) is 0 Å². The molecule has 0 aromatic heterocycles. The number of rotatable bonds is 13. The lowest BCUT2D eigenvalue weighted by molar-refractivity contribution is 0.0368. The summed E-state index contributed by atoms with van der Waals surface area (Å²) >= 11 is 0. The quantitative estimate of drug-likeness (QED) is 0.400. The molecule has 0 aliphatic carbocycles. The molecule has 0 saturated heterocycles. The average molecular weight is 292 g/mol. The van der Waals surface area contributed by atoms with Crippen molar-refractivity contribution in [2.75, 3.05) is 32.8 Å². The highest BCUT2D eigenvalue weighted by atomic mass is 28.4. The van der Waals surface area contributed by atoms with Crippen molar-refractivity contribution in [3.05, 3.63) is 0 Å². The van der Waals surface area contributed by atoms with Crippen LogP contribution in [0.3, 0.4) is 0 Å². The molecule has 1 atom stereocenters. The highest BCUT2D eigenvalue weighted by Gasteiger charge is 2.41. The first-order valence-corrected chi connectivity index (χ1v) is 9.43. The maximum absolute atomic E-state index is 6.12.